The minimum atomic E-state index is -4.45. The average molecular weight is 278 g/mol. The Balaban J connectivity index is 1.95. The van der Waals surface area contributed by atoms with Crippen molar-refractivity contribution < 1.29 is 13.2 Å². The van der Waals surface area contributed by atoms with Crippen molar-refractivity contribution in [1.29, 1.82) is 0 Å². The molecule has 1 aliphatic carbocycles. The maximum absolute atomic E-state index is 12.4. The number of rotatable bonds is 2. The second-order valence-electron chi connectivity index (χ2n) is 4.63. The summed E-state index contributed by atoms with van der Waals surface area (Å²) in [5, 5.41) is 4.29. The molecule has 0 saturated heterocycles. The summed E-state index contributed by atoms with van der Waals surface area (Å²) in [4.78, 5) is 6.79. The van der Waals surface area contributed by atoms with Crippen molar-refractivity contribution in [3.05, 3.63) is 47.3 Å². The molecule has 2 heterocycles. The summed E-state index contributed by atoms with van der Waals surface area (Å²) >= 11 is 0. The molecule has 20 heavy (non-hydrogen) atoms. The van der Waals surface area contributed by atoms with Gasteiger partial charge in [-0.2, -0.15) is 18.3 Å². The topological polar surface area (TPSA) is 35.1 Å². The Hall–Kier alpha value is -2.36. The third kappa shape index (κ3) is 2.25. The second-order valence-corrected chi connectivity index (χ2v) is 4.63. The van der Waals surface area contributed by atoms with E-state index in [1.807, 2.05) is 0 Å². The highest BCUT2D eigenvalue weighted by Gasteiger charge is 2.32. The van der Waals surface area contributed by atoms with Gasteiger partial charge in [0.25, 0.3) is 0 Å². The number of hydrogen-bond acceptors (Lipinski definition) is 2. The molecule has 0 unspecified atom stereocenters. The summed E-state index contributed by atoms with van der Waals surface area (Å²) in [6.45, 7) is 7.10. The zero-order valence-electron chi connectivity index (χ0n) is 10.2. The first-order valence-corrected chi connectivity index (χ1v) is 5.99. The van der Waals surface area contributed by atoms with Gasteiger partial charge in [-0.25, -0.2) is 9.83 Å². The molecular formula is C13H9F3N4. The molecule has 0 radical (unpaired) electrons. The molecule has 4 nitrogen and oxygen atoms in total. The fourth-order valence-corrected chi connectivity index (χ4v) is 1.93. The van der Waals surface area contributed by atoms with Gasteiger partial charge in [0.05, 0.1) is 24.2 Å². The summed E-state index contributed by atoms with van der Waals surface area (Å²) in [5.41, 5.74) is 0.642. The minimum absolute atomic E-state index is 0.308. The SMILES string of the molecule is [C-]#[N+]c1cn(-c2ccc(C(F)(F)F)nc2)nc1C1CC1. The minimum Gasteiger partial charge on any atom is -0.251 e. The zero-order chi connectivity index (χ0) is 14.3. The largest absolute Gasteiger partial charge is 0.433 e. The molecule has 7 heteroatoms. The van der Waals surface area contributed by atoms with E-state index in [1.54, 1.807) is 0 Å². The normalized spacial score (nSPS) is 15.1. The first-order chi connectivity index (χ1) is 9.49. The number of alkyl halides is 3. The molecule has 1 fully saturated rings. The Kier molecular flexibility index (Phi) is 2.74. The lowest BCUT2D eigenvalue weighted by atomic mass is 10.3. The molecule has 102 valence electrons. The second kappa shape index (κ2) is 4.34. The molecule has 2 aromatic heterocycles. The highest BCUT2D eigenvalue weighted by atomic mass is 19.4. The first-order valence-electron chi connectivity index (χ1n) is 5.99. The maximum atomic E-state index is 12.4. The lowest BCUT2D eigenvalue weighted by Crippen LogP contribution is -2.08. The molecule has 0 aliphatic heterocycles. The van der Waals surface area contributed by atoms with Crippen molar-refractivity contribution in [2.24, 2.45) is 0 Å². The number of hydrogen-bond donors (Lipinski definition) is 0. The molecule has 0 amide bonds. The van der Waals surface area contributed by atoms with Crippen molar-refractivity contribution >= 4 is 5.69 Å². The molecule has 2 aromatic rings. The number of aromatic nitrogens is 3. The van der Waals surface area contributed by atoms with Crippen LogP contribution in [0, 0.1) is 6.57 Å². The fraction of sp³-hybridized carbons (Fsp3) is 0.308. The van der Waals surface area contributed by atoms with E-state index in [0.717, 1.165) is 30.8 Å². The maximum Gasteiger partial charge on any atom is 0.433 e. The molecular weight excluding hydrogens is 269 g/mol. The van der Waals surface area contributed by atoms with Gasteiger partial charge >= 0.3 is 6.18 Å². The van der Waals surface area contributed by atoms with E-state index < -0.39 is 11.9 Å². The molecule has 1 aliphatic rings. The monoisotopic (exact) mass is 278 g/mol. The molecule has 0 N–H and O–H groups in total. The van der Waals surface area contributed by atoms with Crippen LogP contribution in [0.3, 0.4) is 0 Å². The van der Waals surface area contributed by atoms with Gasteiger partial charge in [0.1, 0.15) is 5.69 Å². The van der Waals surface area contributed by atoms with Crippen LogP contribution < -0.4 is 0 Å². The Morgan fingerprint density at radius 3 is 2.55 bits per heavy atom. The summed E-state index contributed by atoms with van der Waals surface area (Å²) in [5.74, 6) is 0.308. The highest BCUT2D eigenvalue weighted by molar-refractivity contribution is 5.52. The summed E-state index contributed by atoms with van der Waals surface area (Å²) in [6.07, 6.45) is 0.199. The zero-order valence-corrected chi connectivity index (χ0v) is 10.2. The standard InChI is InChI=1S/C13H9F3N4/c1-17-10-7-20(19-12(10)8-2-3-8)9-4-5-11(18-6-9)13(14,15)16/h4-8H,2-3H2. The lowest BCUT2D eigenvalue weighted by molar-refractivity contribution is -0.141. The number of halogens is 3. The first kappa shape index (κ1) is 12.7. The predicted octanol–water partition coefficient (Wildman–Crippen LogP) is 3.71. The van der Waals surface area contributed by atoms with Crippen molar-refractivity contribution in [3.63, 3.8) is 0 Å². The number of nitrogens with zero attached hydrogens (tertiary/aromatic N) is 4. The van der Waals surface area contributed by atoms with Gasteiger partial charge in [0.15, 0.2) is 0 Å². The number of pyridine rings is 1. The third-order valence-corrected chi connectivity index (χ3v) is 3.11. The van der Waals surface area contributed by atoms with E-state index in [9.17, 15) is 13.2 Å². The van der Waals surface area contributed by atoms with E-state index in [0.29, 0.717) is 17.3 Å². The Morgan fingerprint density at radius 1 is 1.30 bits per heavy atom. The molecule has 0 bridgehead atoms. The van der Waals surface area contributed by atoms with Crippen LogP contribution in [0.2, 0.25) is 0 Å². The van der Waals surface area contributed by atoms with Crippen LogP contribution in [0.5, 0.6) is 0 Å². The third-order valence-electron chi connectivity index (χ3n) is 3.11. The van der Waals surface area contributed by atoms with E-state index in [2.05, 4.69) is 14.9 Å². The summed E-state index contributed by atoms with van der Waals surface area (Å²) in [7, 11) is 0. The Morgan fingerprint density at radius 2 is 2.05 bits per heavy atom. The van der Waals surface area contributed by atoms with Gasteiger partial charge < -0.3 is 0 Å². The molecule has 0 atom stereocenters. The van der Waals surface area contributed by atoms with Crippen molar-refractivity contribution in [1.82, 2.24) is 14.8 Å². The predicted molar refractivity (Wildman–Crippen MR) is 64.6 cm³/mol. The van der Waals surface area contributed by atoms with Crippen LogP contribution in [-0.4, -0.2) is 14.8 Å². The van der Waals surface area contributed by atoms with E-state index >= 15 is 0 Å². The molecule has 0 spiro atoms. The highest BCUT2D eigenvalue weighted by Crippen LogP contribution is 2.43. The lowest BCUT2D eigenvalue weighted by Gasteiger charge is -2.06. The van der Waals surface area contributed by atoms with Crippen LogP contribution in [0.15, 0.2) is 24.5 Å². The molecule has 1 saturated carbocycles. The van der Waals surface area contributed by atoms with E-state index in [4.69, 9.17) is 6.57 Å². The fourth-order valence-electron chi connectivity index (χ4n) is 1.93. The van der Waals surface area contributed by atoms with Crippen LogP contribution in [0.4, 0.5) is 18.9 Å². The van der Waals surface area contributed by atoms with Crippen LogP contribution in [-0.2, 0) is 6.18 Å². The van der Waals surface area contributed by atoms with Gasteiger partial charge in [-0.15, -0.1) is 0 Å². The van der Waals surface area contributed by atoms with Crippen LogP contribution in [0.25, 0.3) is 10.5 Å². The smallest absolute Gasteiger partial charge is 0.251 e. The van der Waals surface area contributed by atoms with Gasteiger partial charge in [0, 0.05) is 6.20 Å². The van der Waals surface area contributed by atoms with Crippen molar-refractivity contribution in [2.75, 3.05) is 0 Å². The van der Waals surface area contributed by atoms with Crippen LogP contribution in [0.1, 0.15) is 30.1 Å². The summed E-state index contributed by atoms with van der Waals surface area (Å²) in [6, 6.07) is 2.21. The average Bonchev–Trinajstić information content (AvgIpc) is 3.17. The Labute approximate surface area is 112 Å². The quantitative estimate of drug-likeness (QED) is 0.785. The van der Waals surface area contributed by atoms with Crippen molar-refractivity contribution in [2.45, 2.75) is 24.9 Å². The van der Waals surface area contributed by atoms with E-state index in [1.165, 1.54) is 16.9 Å². The van der Waals surface area contributed by atoms with Gasteiger partial charge in [-0.1, -0.05) is 0 Å². The van der Waals surface area contributed by atoms with Crippen molar-refractivity contribution in [3.8, 4) is 5.69 Å². The summed E-state index contributed by atoms with van der Waals surface area (Å²) < 4.78 is 38.7. The van der Waals surface area contributed by atoms with Crippen LogP contribution >= 0.6 is 0 Å². The van der Waals surface area contributed by atoms with Gasteiger partial charge in [-0.05, 0) is 30.9 Å². The molecule has 3 rings (SSSR count). The molecule has 0 aromatic carbocycles. The van der Waals surface area contributed by atoms with Gasteiger partial charge in [-0.3, -0.25) is 4.68 Å². The van der Waals surface area contributed by atoms with E-state index in [-0.39, 0.29) is 0 Å². The van der Waals surface area contributed by atoms with Gasteiger partial charge in [0.2, 0.25) is 5.69 Å². The Bertz CT molecular complexity index is 675.